The molecule has 0 radical (unpaired) electrons. The van der Waals surface area contributed by atoms with Crippen LogP contribution in [0.15, 0.2) is 48.8 Å². The minimum Gasteiger partial charge on any atom is -0.354 e. The fourth-order valence-electron chi connectivity index (χ4n) is 3.28. The van der Waals surface area contributed by atoms with E-state index in [-0.39, 0.29) is 24.1 Å². The quantitative estimate of drug-likeness (QED) is 0.814. The molecule has 0 bridgehead atoms. The van der Waals surface area contributed by atoms with Gasteiger partial charge in [-0.2, -0.15) is 5.26 Å². The largest absolute Gasteiger partial charge is 0.354 e. The predicted molar refractivity (Wildman–Crippen MR) is 109 cm³/mol. The zero-order valence-corrected chi connectivity index (χ0v) is 16.6. The molecule has 1 saturated heterocycles. The summed E-state index contributed by atoms with van der Waals surface area (Å²) in [5.41, 5.74) is 1.44. The number of carbonyl (C=O) groups is 3. The molecule has 0 aliphatic carbocycles. The Morgan fingerprint density at radius 3 is 2.33 bits per heavy atom. The maximum Gasteiger partial charge on any atom is 0.255 e. The summed E-state index contributed by atoms with van der Waals surface area (Å²) in [5.74, 6) is -0.509. The van der Waals surface area contributed by atoms with Crippen molar-refractivity contribution in [3.05, 3.63) is 65.5 Å². The number of carbonyl (C=O) groups excluding carboxylic acids is 3. The van der Waals surface area contributed by atoms with Crippen LogP contribution in [-0.4, -0.2) is 65.2 Å². The molecule has 1 N–H and O–H groups in total. The number of amides is 3. The zero-order chi connectivity index (χ0) is 21.3. The second-order valence-electron chi connectivity index (χ2n) is 6.97. The highest BCUT2D eigenvalue weighted by Gasteiger charge is 2.21. The van der Waals surface area contributed by atoms with Crippen molar-refractivity contribution in [2.75, 3.05) is 32.7 Å². The summed E-state index contributed by atoms with van der Waals surface area (Å²) in [6.45, 7) is 1.91. The van der Waals surface area contributed by atoms with Crippen LogP contribution in [0.2, 0.25) is 0 Å². The first-order chi connectivity index (χ1) is 14.6. The van der Waals surface area contributed by atoms with Crippen molar-refractivity contribution in [1.82, 2.24) is 20.1 Å². The number of nitrogens with one attached hydrogen (secondary N) is 1. The summed E-state index contributed by atoms with van der Waals surface area (Å²) in [5, 5.41) is 11.7. The van der Waals surface area contributed by atoms with Crippen LogP contribution in [0.4, 0.5) is 0 Å². The van der Waals surface area contributed by atoms with Gasteiger partial charge < -0.3 is 15.1 Å². The third-order valence-corrected chi connectivity index (χ3v) is 4.91. The lowest BCUT2D eigenvalue weighted by molar-refractivity contribution is -0.121. The zero-order valence-electron chi connectivity index (χ0n) is 16.6. The molecule has 30 heavy (non-hydrogen) atoms. The highest BCUT2D eigenvalue weighted by molar-refractivity contribution is 5.95. The summed E-state index contributed by atoms with van der Waals surface area (Å²) in [6, 6.07) is 11.9. The molecule has 8 nitrogen and oxygen atoms in total. The summed E-state index contributed by atoms with van der Waals surface area (Å²) in [6.07, 6.45) is 3.90. The second-order valence-corrected chi connectivity index (χ2v) is 6.97. The van der Waals surface area contributed by atoms with Gasteiger partial charge in [0.2, 0.25) is 5.91 Å². The van der Waals surface area contributed by atoms with E-state index in [1.165, 1.54) is 6.20 Å². The second kappa shape index (κ2) is 10.2. The van der Waals surface area contributed by atoms with Crippen molar-refractivity contribution >= 4 is 17.7 Å². The number of nitriles is 1. The Bertz CT molecular complexity index is 937. The molecule has 154 valence electrons. The SMILES string of the molecule is N#Cc1ccc(C(=O)N2CCCN(C(=O)c3cccnc3)CCC(=O)NCC2)cc1. The number of hydrogen-bond acceptors (Lipinski definition) is 5. The molecule has 0 spiro atoms. The van der Waals surface area contributed by atoms with Crippen molar-refractivity contribution in [3.63, 3.8) is 0 Å². The van der Waals surface area contributed by atoms with E-state index in [4.69, 9.17) is 5.26 Å². The van der Waals surface area contributed by atoms with Gasteiger partial charge in [0, 0.05) is 57.1 Å². The molecule has 3 amide bonds. The van der Waals surface area contributed by atoms with Gasteiger partial charge >= 0.3 is 0 Å². The molecule has 1 aromatic carbocycles. The summed E-state index contributed by atoms with van der Waals surface area (Å²) in [4.78, 5) is 45.1. The summed E-state index contributed by atoms with van der Waals surface area (Å²) >= 11 is 0. The van der Waals surface area contributed by atoms with Gasteiger partial charge in [-0.05, 0) is 42.8 Å². The molecular weight excluding hydrogens is 382 g/mol. The van der Waals surface area contributed by atoms with Gasteiger partial charge in [-0.25, -0.2) is 0 Å². The Hall–Kier alpha value is -3.73. The van der Waals surface area contributed by atoms with Gasteiger partial charge in [0.15, 0.2) is 0 Å². The Labute approximate surface area is 175 Å². The lowest BCUT2D eigenvalue weighted by Crippen LogP contribution is -2.39. The number of hydrogen-bond donors (Lipinski definition) is 1. The normalized spacial score (nSPS) is 15.5. The molecule has 0 saturated carbocycles. The Morgan fingerprint density at radius 1 is 0.967 bits per heavy atom. The van der Waals surface area contributed by atoms with E-state index in [0.717, 1.165) is 0 Å². The molecule has 1 aliphatic rings. The highest BCUT2D eigenvalue weighted by atomic mass is 16.2. The van der Waals surface area contributed by atoms with Gasteiger partial charge in [0.05, 0.1) is 17.2 Å². The van der Waals surface area contributed by atoms with Crippen molar-refractivity contribution in [2.24, 2.45) is 0 Å². The number of nitrogens with zero attached hydrogens (tertiary/aromatic N) is 4. The molecular formula is C22H23N5O3. The van der Waals surface area contributed by atoms with E-state index in [9.17, 15) is 14.4 Å². The Kier molecular flexibility index (Phi) is 7.11. The van der Waals surface area contributed by atoms with E-state index < -0.39 is 0 Å². The molecule has 1 aliphatic heterocycles. The van der Waals surface area contributed by atoms with Gasteiger partial charge in [0.1, 0.15) is 0 Å². The molecule has 0 atom stereocenters. The number of pyridine rings is 1. The number of rotatable bonds is 2. The molecule has 0 unspecified atom stereocenters. The smallest absolute Gasteiger partial charge is 0.255 e. The van der Waals surface area contributed by atoms with Crippen molar-refractivity contribution in [3.8, 4) is 6.07 Å². The molecule has 2 heterocycles. The van der Waals surface area contributed by atoms with Gasteiger partial charge in [0.25, 0.3) is 11.8 Å². The van der Waals surface area contributed by atoms with Crippen LogP contribution < -0.4 is 5.32 Å². The van der Waals surface area contributed by atoms with E-state index in [0.29, 0.717) is 55.8 Å². The number of aromatic nitrogens is 1. The molecule has 2 aromatic rings. The van der Waals surface area contributed by atoms with E-state index >= 15 is 0 Å². The van der Waals surface area contributed by atoms with Crippen LogP contribution in [0.5, 0.6) is 0 Å². The first-order valence-electron chi connectivity index (χ1n) is 9.84. The average molecular weight is 405 g/mol. The van der Waals surface area contributed by atoms with E-state index in [1.54, 1.807) is 52.4 Å². The molecule has 1 fully saturated rings. The van der Waals surface area contributed by atoms with Crippen LogP contribution in [0.25, 0.3) is 0 Å². The van der Waals surface area contributed by atoms with Crippen LogP contribution >= 0.6 is 0 Å². The van der Waals surface area contributed by atoms with Crippen molar-refractivity contribution < 1.29 is 14.4 Å². The van der Waals surface area contributed by atoms with Crippen LogP contribution in [0.1, 0.15) is 39.1 Å². The first-order valence-corrected chi connectivity index (χ1v) is 9.84. The maximum atomic E-state index is 12.9. The van der Waals surface area contributed by atoms with Crippen molar-refractivity contribution in [2.45, 2.75) is 12.8 Å². The highest BCUT2D eigenvalue weighted by Crippen LogP contribution is 2.10. The van der Waals surface area contributed by atoms with Crippen LogP contribution in [-0.2, 0) is 4.79 Å². The lowest BCUT2D eigenvalue weighted by Gasteiger charge is -2.25. The monoisotopic (exact) mass is 405 g/mol. The molecule has 3 rings (SSSR count). The Morgan fingerprint density at radius 2 is 1.67 bits per heavy atom. The topological polar surface area (TPSA) is 106 Å². The first kappa shape index (κ1) is 21.0. The fourth-order valence-corrected chi connectivity index (χ4v) is 3.28. The third-order valence-electron chi connectivity index (χ3n) is 4.91. The van der Waals surface area contributed by atoms with Gasteiger partial charge in [-0.3, -0.25) is 19.4 Å². The standard InChI is InChI=1S/C22H23N5O3/c23-15-17-4-6-18(7-5-17)21(29)27-12-2-11-26(13-8-20(28)25-10-14-27)22(30)19-3-1-9-24-16-19/h1,3-7,9,16H,2,8,10-14H2,(H,25,28). The minimum atomic E-state index is -0.180. The fraction of sp³-hybridized carbons (Fsp3) is 0.318. The van der Waals surface area contributed by atoms with Crippen molar-refractivity contribution in [1.29, 1.82) is 5.26 Å². The van der Waals surface area contributed by atoms with Crippen LogP contribution in [0.3, 0.4) is 0 Å². The number of benzene rings is 1. The Balaban J connectivity index is 1.71. The van der Waals surface area contributed by atoms with Crippen LogP contribution in [0, 0.1) is 11.3 Å². The summed E-state index contributed by atoms with van der Waals surface area (Å²) < 4.78 is 0. The van der Waals surface area contributed by atoms with Gasteiger partial charge in [-0.15, -0.1) is 0 Å². The van der Waals surface area contributed by atoms with E-state index in [1.807, 2.05) is 6.07 Å². The van der Waals surface area contributed by atoms with Gasteiger partial charge in [-0.1, -0.05) is 0 Å². The predicted octanol–water partition coefficient (Wildman–Crippen LogP) is 1.45. The lowest BCUT2D eigenvalue weighted by atomic mass is 10.1. The van der Waals surface area contributed by atoms with E-state index in [2.05, 4.69) is 10.3 Å². The molecule has 1 aromatic heterocycles. The molecule has 8 heteroatoms. The maximum absolute atomic E-state index is 12.9. The average Bonchev–Trinajstić information content (AvgIpc) is 2.83. The summed E-state index contributed by atoms with van der Waals surface area (Å²) in [7, 11) is 0. The minimum absolute atomic E-state index is 0.161. The third kappa shape index (κ3) is 5.41.